The van der Waals surface area contributed by atoms with Gasteiger partial charge in [-0.05, 0) is 48.6 Å². The maximum absolute atomic E-state index is 13.4. The maximum atomic E-state index is 13.4. The van der Waals surface area contributed by atoms with Gasteiger partial charge in [0.05, 0.1) is 13.2 Å². The zero-order chi connectivity index (χ0) is 19.2. The Morgan fingerprint density at radius 1 is 1.19 bits per heavy atom. The second-order valence-electron chi connectivity index (χ2n) is 8.21. The van der Waals surface area contributed by atoms with E-state index in [1.54, 1.807) is 6.07 Å². The Morgan fingerprint density at radius 3 is 2.63 bits per heavy atom. The molecular weight excluding hydrogens is 345 g/mol. The predicted octanol–water partition coefficient (Wildman–Crippen LogP) is 4.29. The van der Waals surface area contributed by atoms with Crippen molar-refractivity contribution in [2.75, 3.05) is 26.4 Å². The van der Waals surface area contributed by atoms with E-state index >= 15 is 0 Å². The third-order valence-electron chi connectivity index (χ3n) is 6.01. The minimum Gasteiger partial charge on any atom is -0.491 e. The lowest BCUT2D eigenvalue weighted by Gasteiger charge is -2.41. The van der Waals surface area contributed by atoms with Gasteiger partial charge in [0.1, 0.15) is 18.2 Å². The highest BCUT2D eigenvalue weighted by atomic mass is 19.1. The zero-order valence-electron chi connectivity index (χ0n) is 16.5. The lowest BCUT2D eigenvalue weighted by atomic mass is 9.64. The van der Waals surface area contributed by atoms with Crippen molar-refractivity contribution in [2.45, 2.75) is 51.9 Å². The Bertz CT molecular complexity index is 626. The van der Waals surface area contributed by atoms with E-state index in [4.69, 9.17) is 9.47 Å². The van der Waals surface area contributed by atoms with Gasteiger partial charge in [-0.3, -0.25) is 4.79 Å². The van der Waals surface area contributed by atoms with E-state index in [0.29, 0.717) is 38.0 Å². The number of hydrogen-bond donors (Lipinski definition) is 1. The van der Waals surface area contributed by atoms with Gasteiger partial charge in [0, 0.05) is 18.5 Å². The van der Waals surface area contributed by atoms with E-state index in [0.717, 1.165) is 17.9 Å². The minimum absolute atomic E-state index is 0.200. The Balaban J connectivity index is 1.30. The fourth-order valence-corrected chi connectivity index (χ4v) is 4.50. The molecule has 3 saturated carbocycles. The molecule has 0 aliphatic heterocycles. The normalized spacial score (nSPS) is 24.2. The molecule has 150 valence electrons. The third kappa shape index (κ3) is 5.44. The van der Waals surface area contributed by atoms with Crippen LogP contribution in [0.1, 0.15) is 57.4 Å². The van der Waals surface area contributed by atoms with Crippen LogP contribution in [0, 0.1) is 23.6 Å². The molecule has 0 heterocycles. The van der Waals surface area contributed by atoms with E-state index < -0.39 is 0 Å². The standard InChI is InChI=1S/C22H32FNO3/c1-15(2)19-8-7-18(23)14-21(19)27-12-11-26-10-9-24-22(25)20-13-16-3-5-17(20)6-4-16/h7-8,14-17,20H,3-6,9-13H2,1-2H3,(H,24,25). The molecule has 0 saturated heterocycles. The van der Waals surface area contributed by atoms with Crippen molar-refractivity contribution >= 4 is 5.91 Å². The van der Waals surface area contributed by atoms with Crippen molar-refractivity contribution in [1.82, 2.24) is 5.32 Å². The summed E-state index contributed by atoms with van der Waals surface area (Å²) in [7, 11) is 0. The van der Waals surface area contributed by atoms with E-state index in [9.17, 15) is 9.18 Å². The summed E-state index contributed by atoms with van der Waals surface area (Å²) in [6.07, 6.45) is 6.11. The largest absolute Gasteiger partial charge is 0.491 e. The van der Waals surface area contributed by atoms with Crippen molar-refractivity contribution in [3.05, 3.63) is 29.6 Å². The number of carbonyl (C=O) groups excluding carboxylic acids is 1. The molecule has 1 N–H and O–H groups in total. The molecule has 2 bridgehead atoms. The van der Waals surface area contributed by atoms with E-state index in [2.05, 4.69) is 19.2 Å². The van der Waals surface area contributed by atoms with Crippen LogP contribution in [0.4, 0.5) is 4.39 Å². The summed E-state index contributed by atoms with van der Waals surface area (Å²) in [5.74, 6) is 2.31. The Morgan fingerprint density at radius 2 is 1.96 bits per heavy atom. The Hall–Kier alpha value is -1.62. The lowest BCUT2D eigenvalue weighted by molar-refractivity contribution is -0.130. The summed E-state index contributed by atoms with van der Waals surface area (Å²) >= 11 is 0. The van der Waals surface area contributed by atoms with Gasteiger partial charge in [-0.1, -0.05) is 32.8 Å². The average Bonchev–Trinajstić information content (AvgIpc) is 2.67. The summed E-state index contributed by atoms with van der Waals surface area (Å²) in [4.78, 5) is 12.4. The summed E-state index contributed by atoms with van der Waals surface area (Å²) in [5.41, 5.74) is 0.991. The van der Waals surface area contributed by atoms with Crippen LogP contribution in [-0.4, -0.2) is 32.3 Å². The Kier molecular flexibility index (Phi) is 7.11. The first kappa shape index (κ1) is 20.1. The van der Waals surface area contributed by atoms with Crippen LogP contribution in [0.3, 0.4) is 0 Å². The van der Waals surface area contributed by atoms with E-state index in [-0.39, 0.29) is 23.6 Å². The van der Waals surface area contributed by atoms with Crippen LogP contribution >= 0.6 is 0 Å². The Labute approximate surface area is 161 Å². The highest BCUT2D eigenvalue weighted by Crippen LogP contribution is 2.44. The molecule has 0 spiro atoms. The number of halogens is 1. The zero-order valence-corrected chi connectivity index (χ0v) is 16.5. The molecule has 4 rings (SSSR count). The molecule has 1 unspecified atom stereocenters. The van der Waals surface area contributed by atoms with Crippen molar-refractivity contribution in [1.29, 1.82) is 0 Å². The number of fused-ring (bicyclic) bond motifs is 3. The molecule has 0 aromatic heterocycles. The first-order valence-electron chi connectivity index (χ1n) is 10.3. The minimum atomic E-state index is -0.297. The van der Waals surface area contributed by atoms with Gasteiger partial charge in [0.25, 0.3) is 0 Å². The topological polar surface area (TPSA) is 47.6 Å². The van der Waals surface area contributed by atoms with Crippen LogP contribution in [0.2, 0.25) is 0 Å². The van der Waals surface area contributed by atoms with Gasteiger partial charge in [-0.25, -0.2) is 4.39 Å². The summed E-state index contributed by atoms with van der Waals surface area (Å²) in [6, 6.07) is 4.65. The second kappa shape index (κ2) is 9.54. The smallest absolute Gasteiger partial charge is 0.223 e. The second-order valence-corrected chi connectivity index (χ2v) is 8.21. The van der Waals surface area contributed by atoms with Crippen molar-refractivity contribution in [3.63, 3.8) is 0 Å². The van der Waals surface area contributed by atoms with E-state index in [1.807, 2.05) is 0 Å². The van der Waals surface area contributed by atoms with Crippen LogP contribution in [-0.2, 0) is 9.53 Å². The number of hydrogen-bond acceptors (Lipinski definition) is 3. The molecule has 1 aromatic rings. The number of ether oxygens (including phenoxy) is 2. The molecule has 3 fully saturated rings. The molecule has 1 aromatic carbocycles. The van der Waals surface area contributed by atoms with Crippen molar-refractivity contribution in [2.24, 2.45) is 17.8 Å². The summed E-state index contributed by atoms with van der Waals surface area (Å²) in [5, 5.41) is 3.02. The molecule has 1 amide bonds. The fourth-order valence-electron chi connectivity index (χ4n) is 4.50. The van der Waals surface area contributed by atoms with Crippen LogP contribution in [0.15, 0.2) is 18.2 Å². The molecule has 4 nitrogen and oxygen atoms in total. The van der Waals surface area contributed by atoms with Gasteiger partial charge < -0.3 is 14.8 Å². The maximum Gasteiger partial charge on any atom is 0.223 e. The van der Waals surface area contributed by atoms with Crippen LogP contribution in [0.5, 0.6) is 5.75 Å². The molecule has 27 heavy (non-hydrogen) atoms. The van der Waals surface area contributed by atoms with Gasteiger partial charge in [0.15, 0.2) is 0 Å². The molecular formula is C22H32FNO3. The number of benzene rings is 1. The molecule has 5 heteroatoms. The summed E-state index contributed by atoms with van der Waals surface area (Å²) in [6.45, 7) is 5.89. The first-order valence-corrected chi connectivity index (χ1v) is 10.3. The lowest BCUT2D eigenvalue weighted by Crippen LogP contribution is -2.42. The van der Waals surface area contributed by atoms with Crippen LogP contribution in [0.25, 0.3) is 0 Å². The summed E-state index contributed by atoms with van der Waals surface area (Å²) < 4.78 is 24.7. The van der Waals surface area contributed by atoms with Gasteiger partial charge in [-0.2, -0.15) is 0 Å². The SMILES string of the molecule is CC(C)c1ccc(F)cc1OCCOCCNC(=O)C1CC2CCC1CC2. The van der Waals surface area contributed by atoms with Gasteiger partial charge in [0.2, 0.25) is 5.91 Å². The fraction of sp³-hybridized carbons (Fsp3) is 0.682. The first-order chi connectivity index (χ1) is 13.0. The van der Waals surface area contributed by atoms with Gasteiger partial charge in [-0.15, -0.1) is 0 Å². The monoisotopic (exact) mass is 377 g/mol. The van der Waals surface area contributed by atoms with E-state index in [1.165, 1.54) is 37.8 Å². The van der Waals surface area contributed by atoms with Crippen molar-refractivity contribution < 1.29 is 18.7 Å². The molecule has 3 aliphatic rings. The van der Waals surface area contributed by atoms with Crippen LogP contribution < -0.4 is 10.1 Å². The highest BCUT2D eigenvalue weighted by Gasteiger charge is 2.39. The molecule has 0 radical (unpaired) electrons. The molecule has 1 atom stereocenters. The number of nitrogens with one attached hydrogen (secondary N) is 1. The number of carbonyl (C=O) groups is 1. The quantitative estimate of drug-likeness (QED) is 0.653. The predicted molar refractivity (Wildman–Crippen MR) is 103 cm³/mol. The van der Waals surface area contributed by atoms with Gasteiger partial charge >= 0.3 is 0 Å². The molecule has 3 aliphatic carbocycles. The number of rotatable bonds is 9. The van der Waals surface area contributed by atoms with Crippen molar-refractivity contribution in [3.8, 4) is 5.75 Å². The third-order valence-corrected chi connectivity index (χ3v) is 6.01. The highest BCUT2D eigenvalue weighted by molar-refractivity contribution is 5.79. The average molecular weight is 378 g/mol. The number of amides is 1.